The predicted octanol–water partition coefficient (Wildman–Crippen LogP) is 2.21. The fraction of sp³-hybridized carbons (Fsp3) is 0.550. The first-order valence-electron chi connectivity index (χ1n) is 8.75. The summed E-state index contributed by atoms with van der Waals surface area (Å²) in [5.41, 5.74) is 0.752. The molecule has 0 saturated heterocycles. The average molecular weight is 342 g/mol. The van der Waals surface area contributed by atoms with E-state index in [1.165, 1.54) is 11.6 Å². The van der Waals surface area contributed by atoms with Crippen molar-refractivity contribution in [2.75, 3.05) is 0 Å². The summed E-state index contributed by atoms with van der Waals surface area (Å²) in [5, 5.41) is 21.5. The number of rotatable bonds is 1. The van der Waals surface area contributed by atoms with Crippen LogP contribution in [0.5, 0.6) is 0 Å². The second-order valence-electron chi connectivity index (χ2n) is 8.23. The molecular weight excluding hydrogens is 320 g/mol. The Morgan fingerprint density at radius 2 is 1.92 bits per heavy atom. The molecule has 5 unspecified atom stereocenters. The maximum atomic E-state index is 13.1. The molecule has 0 bridgehead atoms. The van der Waals surface area contributed by atoms with Crippen molar-refractivity contribution in [2.45, 2.75) is 46.1 Å². The van der Waals surface area contributed by atoms with Gasteiger partial charge in [0.15, 0.2) is 11.5 Å². The molecule has 1 spiro atoms. The molecule has 4 rings (SSSR count). The van der Waals surface area contributed by atoms with E-state index >= 15 is 0 Å². The molecule has 1 saturated carbocycles. The van der Waals surface area contributed by atoms with Crippen LogP contribution in [0.15, 0.2) is 34.1 Å². The summed E-state index contributed by atoms with van der Waals surface area (Å²) in [7, 11) is 0. The molecule has 132 valence electrons. The standard InChI is InChI=1S/C20H22O5/c1-9-4-5-19(3)14(10(9)2)13(22)6-12-15(19)16(23)18(25)20(17(12)24)7-11(20)8-21/h6,8,11,13-14,22-23H,4-5,7H2,1-3H3. The van der Waals surface area contributed by atoms with E-state index in [1.54, 1.807) is 0 Å². The number of carbonyl (C=O) groups is 3. The lowest BCUT2D eigenvalue weighted by Crippen LogP contribution is -2.50. The number of allylic oxidation sites excluding steroid dienone is 4. The molecule has 0 aromatic heterocycles. The summed E-state index contributed by atoms with van der Waals surface area (Å²) in [6, 6.07) is 0. The van der Waals surface area contributed by atoms with Crippen LogP contribution < -0.4 is 0 Å². The molecule has 0 radical (unpaired) electrons. The van der Waals surface area contributed by atoms with Gasteiger partial charge in [0.1, 0.15) is 11.7 Å². The number of aliphatic hydroxyl groups is 2. The minimum Gasteiger partial charge on any atom is -0.504 e. The highest BCUT2D eigenvalue weighted by molar-refractivity contribution is 6.28. The zero-order chi connectivity index (χ0) is 18.3. The van der Waals surface area contributed by atoms with Crippen molar-refractivity contribution in [3.05, 3.63) is 34.1 Å². The van der Waals surface area contributed by atoms with Gasteiger partial charge in [-0.25, -0.2) is 0 Å². The van der Waals surface area contributed by atoms with Crippen LogP contribution in [-0.2, 0) is 14.4 Å². The normalized spacial score (nSPS) is 43.0. The maximum absolute atomic E-state index is 13.1. The van der Waals surface area contributed by atoms with E-state index in [2.05, 4.69) is 0 Å². The molecule has 25 heavy (non-hydrogen) atoms. The molecule has 2 N–H and O–H groups in total. The first-order chi connectivity index (χ1) is 11.7. The van der Waals surface area contributed by atoms with Crippen LogP contribution in [0, 0.1) is 22.7 Å². The van der Waals surface area contributed by atoms with E-state index < -0.39 is 34.4 Å². The van der Waals surface area contributed by atoms with Gasteiger partial charge in [-0.3, -0.25) is 9.59 Å². The second-order valence-corrected chi connectivity index (χ2v) is 8.23. The van der Waals surface area contributed by atoms with Crippen LogP contribution in [-0.4, -0.2) is 34.2 Å². The van der Waals surface area contributed by atoms with Gasteiger partial charge in [-0.05, 0) is 39.2 Å². The highest BCUT2D eigenvalue weighted by atomic mass is 16.3. The first kappa shape index (κ1) is 16.5. The van der Waals surface area contributed by atoms with Gasteiger partial charge in [-0.2, -0.15) is 0 Å². The molecule has 5 atom stereocenters. The number of carbonyl (C=O) groups excluding carboxylic acids is 3. The van der Waals surface area contributed by atoms with E-state index in [0.29, 0.717) is 18.3 Å². The third-order valence-electron chi connectivity index (χ3n) is 7.05. The minimum absolute atomic E-state index is 0.150. The second kappa shape index (κ2) is 4.79. The predicted molar refractivity (Wildman–Crippen MR) is 89.6 cm³/mol. The third kappa shape index (κ3) is 1.74. The highest BCUT2D eigenvalue weighted by Crippen LogP contribution is 2.63. The van der Waals surface area contributed by atoms with Crippen LogP contribution in [0.25, 0.3) is 0 Å². The molecular formula is C20H22O5. The Morgan fingerprint density at radius 1 is 1.24 bits per heavy atom. The molecule has 5 nitrogen and oxygen atoms in total. The Morgan fingerprint density at radius 3 is 2.52 bits per heavy atom. The fourth-order valence-electron chi connectivity index (χ4n) is 5.34. The summed E-state index contributed by atoms with van der Waals surface area (Å²) in [6.45, 7) is 5.91. The summed E-state index contributed by atoms with van der Waals surface area (Å²) in [4.78, 5) is 37.0. The molecule has 4 aliphatic rings. The van der Waals surface area contributed by atoms with Gasteiger partial charge in [0.05, 0.1) is 6.10 Å². The molecule has 4 aliphatic carbocycles. The number of aliphatic hydroxyl groups excluding tert-OH is 2. The van der Waals surface area contributed by atoms with Gasteiger partial charge < -0.3 is 15.0 Å². The van der Waals surface area contributed by atoms with E-state index in [0.717, 1.165) is 12.0 Å². The topological polar surface area (TPSA) is 91.7 Å². The molecule has 1 fully saturated rings. The SMILES string of the molecule is CC1=C(C)C2C(O)C=C3C(=O)C4(CC4C=O)C(=O)C(O)=C3C2(C)CC1. The van der Waals surface area contributed by atoms with Crippen LogP contribution in [0.3, 0.4) is 0 Å². The number of hydrogen-bond donors (Lipinski definition) is 2. The van der Waals surface area contributed by atoms with E-state index in [4.69, 9.17) is 0 Å². The van der Waals surface area contributed by atoms with Gasteiger partial charge in [0, 0.05) is 28.4 Å². The van der Waals surface area contributed by atoms with Crippen LogP contribution in [0.2, 0.25) is 0 Å². The van der Waals surface area contributed by atoms with Gasteiger partial charge in [0.25, 0.3) is 0 Å². The minimum atomic E-state index is -1.43. The molecule has 0 aromatic rings. The van der Waals surface area contributed by atoms with Gasteiger partial charge in [0.2, 0.25) is 5.78 Å². The maximum Gasteiger partial charge on any atom is 0.212 e. The largest absolute Gasteiger partial charge is 0.504 e. The average Bonchev–Trinajstić information content (AvgIpc) is 3.30. The Labute approximate surface area is 146 Å². The van der Waals surface area contributed by atoms with Crippen molar-refractivity contribution in [3.8, 4) is 0 Å². The zero-order valence-corrected chi connectivity index (χ0v) is 14.6. The van der Waals surface area contributed by atoms with Crippen LogP contribution in [0.4, 0.5) is 0 Å². The van der Waals surface area contributed by atoms with E-state index in [1.807, 2.05) is 20.8 Å². The van der Waals surface area contributed by atoms with Crippen LogP contribution in [0.1, 0.15) is 40.0 Å². The molecule has 0 amide bonds. The van der Waals surface area contributed by atoms with Gasteiger partial charge >= 0.3 is 0 Å². The van der Waals surface area contributed by atoms with Crippen LogP contribution >= 0.6 is 0 Å². The Bertz CT molecular complexity index is 829. The molecule has 0 heterocycles. The monoisotopic (exact) mass is 342 g/mol. The fourth-order valence-corrected chi connectivity index (χ4v) is 5.34. The highest BCUT2D eigenvalue weighted by Gasteiger charge is 2.70. The van der Waals surface area contributed by atoms with Crippen molar-refractivity contribution < 1.29 is 24.6 Å². The zero-order valence-electron chi connectivity index (χ0n) is 14.6. The third-order valence-corrected chi connectivity index (χ3v) is 7.05. The number of hydrogen-bond acceptors (Lipinski definition) is 5. The smallest absolute Gasteiger partial charge is 0.212 e. The number of ketones is 2. The van der Waals surface area contributed by atoms with Gasteiger partial charge in [-0.15, -0.1) is 0 Å². The number of Topliss-reactive ketones (excluding diaryl/α,β-unsaturated/α-hetero) is 2. The Kier molecular flexibility index (Phi) is 3.15. The van der Waals surface area contributed by atoms with Crippen molar-refractivity contribution in [1.82, 2.24) is 0 Å². The lowest BCUT2D eigenvalue weighted by atomic mass is 9.53. The first-order valence-corrected chi connectivity index (χ1v) is 8.75. The molecule has 0 aliphatic heterocycles. The Hall–Kier alpha value is -2.01. The quantitative estimate of drug-likeness (QED) is 0.433. The summed E-state index contributed by atoms with van der Waals surface area (Å²) in [5.74, 6) is -2.36. The summed E-state index contributed by atoms with van der Waals surface area (Å²) in [6.07, 6.45) is 2.84. The Balaban J connectivity index is 1.95. The van der Waals surface area contributed by atoms with Crippen molar-refractivity contribution >= 4 is 17.9 Å². The van der Waals surface area contributed by atoms with Gasteiger partial charge in [-0.1, -0.05) is 18.1 Å². The number of aldehydes is 1. The lowest BCUT2D eigenvalue weighted by Gasteiger charge is -2.50. The molecule has 0 aromatic carbocycles. The van der Waals surface area contributed by atoms with Crippen molar-refractivity contribution in [3.63, 3.8) is 0 Å². The molecule has 5 heteroatoms. The van der Waals surface area contributed by atoms with Crippen molar-refractivity contribution in [2.24, 2.45) is 22.7 Å². The van der Waals surface area contributed by atoms with E-state index in [9.17, 15) is 24.6 Å². The summed E-state index contributed by atoms with van der Waals surface area (Å²) >= 11 is 0. The van der Waals surface area contributed by atoms with E-state index in [-0.39, 0.29) is 23.7 Å². The summed E-state index contributed by atoms with van der Waals surface area (Å²) < 4.78 is 0. The number of fused-ring (bicyclic) bond motifs is 3. The lowest BCUT2D eigenvalue weighted by molar-refractivity contribution is -0.135. The van der Waals surface area contributed by atoms with Crippen molar-refractivity contribution in [1.29, 1.82) is 0 Å².